The number of pyridine rings is 2. The Kier molecular flexibility index (Phi) is 4.69. The molecule has 2 aromatic rings. The van der Waals surface area contributed by atoms with Gasteiger partial charge in [-0.15, -0.1) is 0 Å². The zero-order valence-electron chi connectivity index (χ0n) is 15.0. The van der Waals surface area contributed by atoms with Crippen molar-refractivity contribution >= 4 is 11.8 Å². The van der Waals surface area contributed by atoms with E-state index in [0.717, 1.165) is 0 Å². The fourth-order valence-electron chi connectivity index (χ4n) is 2.31. The van der Waals surface area contributed by atoms with Crippen LogP contribution in [0.1, 0.15) is 32.0 Å². The van der Waals surface area contributed by atoms with Gasteiger partial charge in [0, 0.05) is 24.5 Å². The molecule has 0 radical (unpaired) electrons. The van der Waals surface area contributed by atoms with Crippen molar-refractivity contribution in [3.05, 3.63) is 59.9 Å². The molecule has 1 unspecified atom stereocenters. The molecule has 0 amide bonds. The molecule has 2 aromatic heterocycles. The molecule has 0 bridgehead atoms. The second kappa shape index (κ2) is 6.80. The van der Waals surface area contributed by atoms with Crippen molar-refractivity contribution in [2.45, 2.75) is 26.6 Å². The maximum atomic E-state index is 13.2. The smallest absolute Gasteiger partial charge is 0.215 e. The van der Waals surface area contributed by atoms with Gasteiger partial charge in [-0.2, -0.15) is 4.39 Å². The van der Waals surface area contributed by atoms with Crippen LogP contribution in [0.2, 0.25) is 0 Å². The number of hydrogen-bond donors (Lipinski definition) is 3. The lowest BCUT2D eigenvalue weighted by molar-refractivity contribution is 0.403. The van der Waals surface area contributed by atoms with E-state index in [1.807, 2.05) is 18.2 Å². The Hall–Kier alpha value is -2.87. The van der Waals surface area contributed by atoms with E-state index in [1.54, 1.807) is 12.3 Å². The topological polar surface area (TPSA) is 101 Å². The summed E-state index contributed by atoms with van der Waals surface area (Å²) in [5.74, 6) is -0.969. The van der Waals surface area contributed by atoms with E-state index in [9.17, 15) is 4.39 Å². The van der Waals surface area contributed by atoms with E-state index >= 15 is 0 Å². The lowest BCUT2D eigenvalue weighted by Crippen LogP contribution is -2.61. The molecule has 136 valence electrons. The summed E-state index contributed by atoms with van der Waals surface area (Å²) in [5, 5.41) is 6.21. The van der Waals surface area contributed by atoms with Gasteiger partial charge in [-0.1, -0.05) is 26.8 Å². The normalized spacial score (nSPS) is 21.7. The number of aliphatic imine (C=N–C) groups is 2. The highest BCUT2D eigenvalue weighted by atomic mass is 19.1. The first-order valence-electron chi connectivity index (χ1n) is 8.27. The average molecular weight is 355 g/mol. The monoisotopic (exact) mass is 355 g/mol. The van der Waals surface area contributed by atoms with Crippen LogP contribution in [0.15, 0.2) is 52.7 Å². The van der Waals surface area contributed by atoms with Crippen molar-refractivity contribution in [3.63, 3.8) is 0 Å². The Bertz CT molecular complexity index is 825. The van der Waals surface area contributed by atoms with Gasteiger partial charge in [0.2, 0.25) is 11.7 Å². The van der Waals surface area contributed by atoms with Crippen molar-refractivity contribution in [2.24, 2.45) is 21.1 Å². The van der Waals surface area contributed by atoms with Gasteiger partial charge in [-0.05, 0) is 29.7 Å². The molecule has 0 aromatic carbocycles. The van der Waals surface area contributed by atoms with Crippen molar-refractivity contribution in [1.29, 1.82) is 0 Å². The van der Waals surface area contributed by atoms with Crippen molar-refractivity contribution in [1.82, 2.24) is 20.6 Å². The predicted octanol–water partition coefficient (Wildman–Crippen LogP) is 1.73. The van der Waals surface area contributed by atoms with Crippen molar-refractivity contribution in [2.75, 3.05) is 6.54 Å². The van der Waals surface area contributed by atoms with Crippen molar-refractivity contribution in [3.8, 4) is 0 Å². The van der Waals surface area contributed by atoms with E-state index in [2.05, 4.69) is 51.4 Å². The quantitative estimate of drug-likeness (QED) is 0.728. The number of rotatable bonds is 3. The summed E-state index contributed by atoms with van der Waals surface area (Å²) in [5.41, 5.74) is 7.62. The molecule has 0 aliphatic carbocycles. The third kappa shape index (κ3) is 4.20. The van der Waals surface area contributed by atoms with Crippen LogP contribution in [0.5, 0.6) is 0 Å². The molecule has 4 N–H and O–H groups in total. The molecule has 3 heterocycles. The molecule has 1 aliphatic rings. The number of guanidine groups is 1. The maximum absolute atomic E-state index is 13.2. The van der Waals surface area contributed by atoms with Gasteiger partial charge in [0.05, 0.1) is 0 Å². The van der Waals surface area contributed by atoms with Crippen LogP contribution in [0, 0.1) is 11.4 Å². The third-order valence-corrected chi connectivity index (χ3v) is 3.62. The summed E-state index contributed by atoms with van der Waals surface area (Å²) >= 11 is 0. The SMILES string of the molecule is CC(C)(C)CN=C1NC(c2ccccn2)=NC(N)(c2ccc(F)nc2)N1. The first-order chi connectivity index (χ1) is 12.3. The van der Waals surface area contributed by atoms with Gasteiger partial charge >= 0.3 is 0 Å². The van der Waals surface area contributed by atoms with E-state index in [0.29, 0.717) is 29.6 Å². The van der Waals surface area contributed by atoms with Crippen LogP contribution >= 0.6 is 0 Å². The summed E-state index contributed by atoms with van der Waals surface area (Å²) in [6.07, 6.45) is 3.03. The molecular formula is C18H22FN7. The van der Waals surface area contributed by atoms with Gasteiger partial charge in [-0.25, -0.2) is 9.98 Å². The molecule has 0 fully saturated rings. The number of nitrogens with one attached hydrogen (secondary N) is 2. The van der Waals surface area contributed by atoms with Crippen LogP contribution in [-0.2, 0) is 5.79 Å². The standard InChI is InChI=1S/C18H22FN7/c1-17(2,3)11-23-16-24-15(13-6-4-5-9-21-13)25-18(20,26-16)12-7-8-14(19)22-10-12/h4-10H,11,20H2,1-3H3,(H2,23,24,25,26). The largest absolute Gasteiger partial charge is 0.316 e. The van der Waals surface area contributed by atoms with Crippen LogP contribution in [0.4, 0.5) is 4.39 Å². The van der Waals surface area contributed by atoms with E-state index in [1.165, 1.54) is 12.3 Å². The minimum atomic E-state index is -1.34. The molecule has 0 saturated carbocycles. The lowest BCUT2D eigenvalue weighted by Gasteiger charge is -2.34. The molecule has 0 saturated heterocycles. The molecule has 7 nitrogen and oxygen atoms in total. The zero-order chi connectivity index (χ0) is 18.8. The van der Waals surface area contributed by atoms with Gasteiger partial charge in [0.1, 0.15) is 5.69 Å². The highest BCUT2D eigenvalue weighted by Crippen LogP contribution is 2.20. The van der Waals surface area contributed by atoms with E-state index < -0.39 is 11.7 Å². The number of nitrogens with two attached hydrogens (primary N) is 1. The second-order valence-electron chi connectivity index (χ2n) is 7.29. The fourth-order valence-corrected chi connectivity index (χ4v) is 2.31. The van der Waals surface area contributed by atoms with Crippen LogP contribution in [-0.4, -0.2) is 28.3 Å². The molecule has 3 rings (SSSR count). The zero-order valence-corrected chi connectivity index (χ0v) is 15.0. The number of aromatic nitrogens is 2. The molecule has 1 atom stereocenters. The van der Waals surface area contributed by atoms with Gasteiger partial charge < -0.3 is 10.6 Å². The summed E-state index contributed by atoms with van der Waals surface area (Å²) in [7, 11) is 0. The average Bonchev–Trinajstić information content (AvgIpc) is 2.60. The number of nitrogens with zero attached hydrogens (tertiary/aromatic N) is 4. The summed E-state index contributed by atoms with van der Waals surface area (Å²) in [6.45, 7) is 6.85. The molecular weight excluding hydrogens is 333 g/mol. The highest BCUT2D eigenvalue weighted by Gasteiger charge is 2.34. The van der Waals surface area contributed by atoms with Crippen LogP contribution in [0.25, 0.3) is 0 Å². The van der Waals surface area contributed by atoms with Gasteiger partial charge in [0.25, 0.3) is 0 Å². The van der Waals surface area contributed by atoms with Crippen molar-refractivity contribution < 1.29 is 4.39 Å². The fraction of sp³-hybridized carbons (Fsp3) is 0.333. The Morgan fingerprint density at radius 2 is 2.00 bits per heavy atom. The number of hydrogen-bond acceptors (Lipinski definition) is 5. The Morgan fingerprint density at radius 3 is 2.62 bits per heavy atom. The minimum Gasteiger partial charge on any atom is -0.316 e. The molecule has 1 aliphatic heterocycles. The second-order valence-corrected chi connectivity index (χ2v) is 7.29. The van der Waals surface area contributed by atoms with Gasteiger partial charge in [0.15, 0.2) is 11.8 Å². The van der Waals surface area contributed by atoms with Crippen LogP contribution in [0.3, 0.4) is 0 Å². The van der Waals surface area contributed by atoms with Gasteiger partial charge in [-0.3, -0.25) is 15.7 Å². The summed E-state index contributed by atoms with van der Waals surface area (Å²) in [4.78, 5) is 17.1. The predicted molar refractivity (Wildman–Crippen MR) is 98.9 cm³/mol. The summed E-state index contributed by atoms with van der Waals surface area (Å²) in [6, 6.07) is 8.29. The lowest BCUT2D eigenvalue weighted by atomic mass is 9.97. The summed E-state index contributed by atoms with van der Waals surface area (Å²) < 4.78 is 13.2. The number of halogens is 1. The molecule has 0 spiro atoms. The highest BCUT2D eigenvalue weighted by molar-refractivity contribution is 6.09. The first-order valence-corrected chi connectivity index (χ1v) is 8.27. The number of amidine groups is 1. The Morgan fingerprint density at radius 1 is 1.19 bits per heavy atom. The van der Waals surface area contributed by atoms with Crippen LogP contribution < -0.4 is 16.4 Å². The third-order valence-electron chi connectivity index (χ3n) is 3.62. The molecule has 8 heteroatoms. The first kappa shape index (κ1) is 17.9. The Balaban J connectivity index is 2.02. The minimum absolute atomic E-state index is 0.00476. The molecule has 26 heavy (non-hydrogen) atoms. The Labute approximate surface area is 151 Å². The van der Waals surface area contributed by atoms with E-state index in [-0.39, 0.29) is 5.41 Å². The van der Waals surface area contributed by atoms with E-state index in [4.69, 9.17) is 5.73 Å². The maximum Gasteiger partial charge on any atom is 0.215 e.